The van der Waals surface area contributed by atoms with Gasteiger partial charge in [0.25, 0.3) is 5.91 Å². The molecule has 3 N–H and O–H groups in total. The number of benzene rings is 2. The van der Waals surface area contributed by atoms with Gasteiger partial charge in [-0.1, -0.05) is 66.9 Å². The molecule has 5 fully saturated rings. The summed E-state index contributed by atoms with van der Waals surface area (Å²) in [5.74, 6) is -2.06. The first kappa shape index (κ1) is 32.7. The highest BCUT2D eigenvalue weighted by Gasteiger charge is 2.56. The fraction of sp³-hybridized carbons (Fsp3) is 0.556. The van der Waals surface area contributed by atoms with Crippen molar-refractivity contribution in [3.63, 3.8) is 0 Å². The molecule has 10 heteroatoms. The number of piperidine rings is 2. The zero-order valence-electron chi connectivity index (χ0n) is 26.2. The number of nitrogens with zero attached hydrogens (tertiary/aromatic N) is 1. The van der Waals surface area contributed by atoms with Gasteiger partial charge >= 0.3 is 0 Å². The average molecular weight is 650 g/mol. The lowest BCUT2D eigenvalue weighted by Gasteiger charge is -2.53. The molecule has 2 bridgehead atoms. The fourth-order valence-corrected chi connectivity index (χ4v) is 8.31. The van der Waals surface area contributed by atoms with E-state index in [-0.39, 0.29) is 49.2 Å². The summed E-state index contributed by atoms with van der Waals surface area (Å²) in [4.78, 5) is 56.8. The molecule has 7 rings (SSSR count). The Kier molecular flexibility index (Phi) is 10.1. The number of rotatable bonds is 12. The standard InChI is InChI=1S/C36H44ClN3O6/c37-28-14-12-27(13-15-28)36(45,26-8-4-5-9-26)35(44)40-29-16-10-24(11-17-29)32(40)34(43)39-30(20-25-18-19-38-33(25)42)31(41)22-46-21-23-6-2-1-3-7-23/h1-3,6-7,12-15,24-26,29-30,32,45H,4-5,8-11,16-22H2,(H,38,42)(H,39,43)/t24?,25-,29?,30-,32+,36?/m0/s1. The molecule has 4 atom stereocenters. The molecule has 2 aliphatic carbocycles. The highest BCUT2D eigenvalue weighted by atomic mass is 35.5. The highest BCUT2D eigenvalue weighted by Crippen LogP contribution is 2.47. The molecular weight excluding hydrogens is 606 g/mol. The van der Waals surface area contributed by atoms with Crippen molar-refractivity contribution in [2.24, 2.45) is 17.8 Å². The van der Waals surface area contributed by atoms with Crippen molar-refractivity contribution in [2.75, 3.05) is 13.2 Å². The monoisotopic (exact) mass is 649 g/mol. The molecule has 3 amide bonds. The molecule has 2 aromatic rings. The first-order valence-electron chi connectivity index (χ1n) is 16.8. The third-order valence-corrected chi connectivity index (χ3v) is 10.9. The van der Waals surface area contributed by atoms with Crippen LogP contribution in [0, 0.1) is 17.8 Å². The average Bonchev–Trinajstić information content (AvgIpc) is 3.77. The molecule has 5 aliphatic rings. The number of fused-ring (bicyclic) bond motifs is 3. The first-order chi connectivity index (χ1) is 22.3. The van der Waals surface area contributed by atoms with Gasteiger partial charge in [0.15, 0.2) is 11.4 Å². The number of amides is 3. The minimum Gasteiger partial charge on any atom is -0.375 e. The van der Waals surface area contributed by atoms with Gasteiger partial charge in [-0.15, -0.1) is 0 Å². The molecular formula is C36H44ClN3O6. The summed E-state index contributed by atoms with van der Waals surface area (Å²) in [5.41, 5.74) is -0.376. The van der Waals surface area contributed by atoms with Crippen LogP contribution in [-0.4, -0.2) is 64.8 Å². The van der Waals surface area contributed by atoms with Crippen molar-refractivity contribution < 1.29 is 29.0 Å². The largest absolute Gasteiger partial charge is 0.375 e. The number of ketones is 1. The molecule has 46 heavy (non-hydrogen) atoms. The van der Waals surface area contributed by atoms with Gasteiger partial charge < -0.3 is 25.4 Å². The van der Waals surface area contributed by atoms with E-state index in [1.54, 1.807) is 29.2 Å². The minimum absolute atomic E-state index is 0.0909. The Bertz CT molecular complexity index is 1410. The van der Waals surface area contributed by atoms with Gasteiger partial charge in [-0.25, -0.2) is 0 Å². The SMILES string of the molecule is O=C1NCC[C@H]1C[C@H](NC(=O)[C@H]1C2CCC(CC2)N1C(=O)C(O)(c1ccc(Cl)cc1)C1CCCC1)C(=O)COCc1ccccc1. The second-order valence-electron chi connectivity index (χ2n) is 13.5. The number of nitrogens with one attached hydrogen (secondary N) is 2. The Balaban J connectivity index is 1.24. The number of aliphatic hydroxyl groups is 1. The van der Waals surface area contributed by atoms with Crippen molar-refractivity contribution in [3.05, 3.63) is 70.7 Å². The van der Waals surface area contributed by atoms with Crippen LogP contribution in [0.15, 0.2) is 54.6 Å². The van der Waals surface area contributed by atoms with Crippen LogP contribution in [0.2, 0.25) is 5.02 Å². The summed E-state index contributed by atoms with van der Waals surface area (Å²) in [7, 11) is 0. The Labute approximate surface area is 275 Å². The highest BCUT2D eigenvalue weighted by molar-refractivity contribution is 6.30. The molecule has 3 heterocycles. The Morgan fingerprint density at radius 1 is 0.978 bits per heavy atom. The Morgan fingerprint density at radius 2 is 1.67 bits per heavy atom. The van der Waals surface area contributed by atoms with Crippen molar-refractivity contribution in [2.45, 2.75) is 94.5 Å². The van der Waals surface area contributed by atoms with Crippen LogP contribution in [0.25, 0.3) is 0 Å². The van der Waals surface area contributed by atoms with Crippen molar-refractivity contribution >= 4 is 35.1 Å². The van der Waals surface area contributed by atoms with Crippen LogP contribution in [0.4, 0.5) is 0 Å². The summed E-state index contributed by atoms with van der Waals surface area (Å²) >= 11 is 6.18. The van der Waals surface area contributed by atoms with E-state index in [9.17, 15) is 24.3 Å². The number of Topliss-reactive ketones (excluding diaryl/α,β-unsaturated/α-hetero) is 1. The van der Waals surface area contributed by atoms with Gasteiger partial charge in [0, 0.05) is 29.4 Å². The van der Waals surface area contributed by atoms with E-state index in [1.165, 1.54) is 0 Å². The van der Waals surface area contributed by atoms with E-state index in [2.05, 4.69) is 10.6 Å². The van der Waals surface area contributed by atoms with Gasteiger partial charge in [-0.05, 0) is 80.5 Å². The van der Waals surface area contributed by atoms with Gasteiger partial charge in [-0.2, -0.15) is 0 Å². The lowest BCUT2D eigenvalue weighted by Crippen LogP contribution is -2.67. The fourth-order valence-electron chi connectivity index (χ4n) is 8.19. The normalized spacial score (nSPS) is 26.4. The maximum atomic E-state index is 14.7. The lowest BCUT2D eigenvalue weighted by molar-refractivity contribution is -0.176. The summed E-state index contributed by atoms with van der Waals surface area (Å²) in [6.45, 7) is 0.559. The van der Waals surface area contributed by atoms with Gasteiger partial charge in [0.1, 0.15) is 12.6 Å². The van der Waals surface area contributed by atoms with Crippen LogP contribution >= 0.6 is 11.6 Å². The zero-order valence-corrected chi connectivity index (χ0v) is 26.9. The zero-order chi connectivity index (χ0) is 32.3. The molecule has 0 spiro atoms. The second kappa shape index (κ2) is 14.2. The third-order valence-electron chi connectivity index (χ3n) is 10.7. The minimum atomic E-state index is -1.79. The van der Waals surface area contributed by atoms with E-state index < -0.39 is 35.4 Å². The smallest absolute Gasteiger partial charge is 0.260 e. The summed E-state index contributed by atoms with van der Waals surface area (Å²) in [6, 6.07) is 14.4. The quantitative estimate of drug-likeness (QED) is 0.315. The predicted octanol–water partition coefficient (Wildman–Crippen LogP) is 4.28. The first-order valence-corrected chi connectivity index (χ1v) is 17.2. The number of hydrogen-bond acceptors (Lipinski definition) is 6. The van der Waals surface area contributed by atoms with E-state index in [0.29, 0.717) is 36.4 Å². The van der Waals surface area contributed by atoms with Gasteiger partial charge in [-0.3, -0.25) is 19.2 Å². The van der Waals surface area contributed by atoms with Crippen molar-refractivity contribution in [1.29, 1.82) is 0 Å². The molecule has 9 nitrogen and oxygen atoms in total. The summed E-state index contributed by atoms with van der Waals surface area (Å²) in [6.07, 6.45) is 7.13. The summed E-state index contributed by atoms with van der Waals surface area (Å²) in [5, 5.41) is 18.7. The number of carbonyl (C=O) groups excluding carboxylic acids is 4. The predicted molar refractivity (Wildman–Crippen MR) is 172 cm³/mol. The maximum absolute atomic E-state index is 14.7. The molecule has 3 saturated heterocycles. The number of hydrogen-bond donors (Lipinski definition) is 3. The molecule has 1 unspecified atom stereocenters. The van der Waals surface area contributed by atoms with E-state index in [1.807, 2.05) is 30.3 Å². The molecule has 2 saturated carbocycles. The van der Waals surface area contributed by atoms with Crippen molar-refractivity contribution in [3.8, 4) is 0 Å². The maximum Gasteiger partial charge on any atom is 0.260 e. The Hall–Kier alpha value is -3.27. The Morgan fingerprint density at radius 3 is 2.33 bits per heavy atom. The molecule has 246 valence electrons. The molecule has 0 radical (unpaired) electrons. The van der Waals surface area contributed by atoms with Crippen LogP contribution < -0.4 is 10.6 Å². The van der Waals surface area contributed by atoms with E-state index >= 15 is 0 Å². The van der Waals surface area contributed by atoms with E-state index in [4.69, 9.17) is 16.3 Å². The van der Waals surface area contributed by atoms with Gasteiger partial charge in [0.05, 0.1) is 12.6 Å². The molecule has 2 aromatic carbocycles. The van der Waals surface area contributed by atoms with Crippen LogP contribution in [0.5, 0.6) is 0 Å². The lowest BCUT2D eigenvalue weighted by atomic mass is 9.71. The number of halogens is 1. The number of carbonyl (C=O) groups is 4. The molecule has 3 aliphatic heterocycles. The topological polar surface area (TPSA) is 125 Å². The van der Waals surface area contributed by atoms with Crippen LogP contribution in [-0.2, 0) is 36.1 Å². The van der Waals surface area contributed by atoms with Crippen LogP contribution in [0.3, 0.4) is 0 Å². The second-order valence-corrected chi connectivity index (χ2v) is 13.9. The third kappa shape index (κ3) is 6.73. The van der Waals surface area contributed by atoms with Crippen LogP contribution in [0.1, 0.15) is 75.3 Å². The van der Waals surface area contributed by atoms with Gasteiger partial charge in [0.2, 0.25) is 11.8 Å². The van der Waals surface area contributed by atoms with Crippen molar-refractivity contribution in [1.82, 2.24) is 15.5 Å². The number of ether oxygens (including phenoxy) is 1. The summed E-state index contributed by atoms with van der Waals surface area (Å²) < 4.78 is 5.74. The molecule has 0 aromatic heterocycles. The van der Waals surface area contributed by atoms with E-state index in [0.717, 1.165) is 44.1 Å².